The van der Waals surface area contributed by atoms with E-state index in [0.717, 1.165) is 0 Å². The van der Waals surface area contributed by atoms with Crippen molar-refractivity contribution in [2.24, 2.45) is 11.3 Å². The number of halogens is 7. The maximum absolute atomic E-state index is 14.1. The Morgan fingerprint density at radius 3 is 2.65 bits per heavy atom. The Hall–Kier alpha value is -3.78. The predicted molar refractivity (Wildman–Crippen MR) is 150 cm³/mol. The van der Waals surface area contributed by atoms with Crippen molar-refractivity contribution in [3.05, 3.63) is 51.1 Å². The summed E-state index contributed by atoms with van der Waals surface area (Å²) in [4.78, 5) is 17.7. The minimum atomic E-state index is -4.51. The summed E-state index contributed by atoms with van der Waals surface area (Å²) in [5.41, 5.74) is -1.65. The van der Waals surface area contributed by atoms with Gasteiger partial charge in [-0.2, -0.15) is 18.3 Å². The van der Waals surface area contributed by atoms with Crippen LogP contribution in [-0.2, 0) is 17.6 Å². The SMILES string of the molecule is Cc1nnc(C[C@]2(Cc3cnn4cc([C@@H](NC(=O)c5nonc5C(F)F)C5CCC(F)(F)CC5)nc4c3)C[C@@H](C(F)(F)F)NC3OC32)s1. The van der Waals surface area contributed by atoms with Gasteiger partial charge in [0, 0.05) is 24.7 Å². The average molecular weight is 704 g/mol. The topological polar surface area (TPSA) is 149 Å². The van der Waals surface area contributed by atoms with Gasteiger partial charge in [0.25, 0.3) is 12.3 Å². The number of alkyl halides is 7. The zero-order valence-electron chi connectivity index (χ0n) is 25.1. The standard InChI is InChI=1S/C28H28F7N9O3S/c1-12-40-41-18(48-12)9-26(8-16(28(33,34)35)38-25-22(26)46-25)7-13-6-17-37-15(11-44(17)36-10-13)19(14-2-4-27(31,32)5-3-14)39-24(45)21-20(23(29)30)42-47-43-21/h6,10-11,14,16,19,22-23,25,38H,2-5,7-9H2,1H3,(H,39,45)/t16-,19-,22?,25?,26-/m0/s1. The summed E-state index contributed by atoms with van der Waals surface area (Å²) in [5, 5.41) is 25.4. The maximum Gasteiger partial charge on any atom is 0.403 e. The van der Waals surface area contributed by atoms with Crippen molar-refractivity contribution in [1.82, 2.24) is 45.7 Å². The van der Waals surface area contributed by atoms with Crippen LogP contribution in [0.5, 0.6) is 0 Å². The van der Waals surface area contributed by atoms with Gasteiger partial charge in [-0.05, 0) is 60.5 Å². The van der Waals surface area contributed by atoms with Crippen LogP contribution in [0.25, 0.3) is 5.65 Å². The molecule has 3 aliphatic rings. The van der Waals surface area contributed by atoms with Crippen LogP contribution in [0.3, 0.4) is 0 Å². The molecule has 1 saturated carbocycles. The van der Waals surface area contributed by atoms with Crippen LogP contribution in [0.4, 0.5) is 30.7 Å². The number of nitrogens with zero attached hydrogens (tertiary/aromatic N) is 7. The molecule has 2 aliphatic heterocycles. The van der Waals surface area contributed by atoms with E-state index in [1.54, 1.807) is 13.0 Å². The van der Waals surface area contributed by atoms with Crippen molar-refractivity contribution >= 4 is 22.9 Å². The molecule has 4 aromatic heterocycles. The molecule has 5 atom stereocenters. The second-order valence-electron chi connectivity index (χ2n) is 12.6. The molecule has 0 bridgehead atoms. The van der Waals surface area contributed by atoms with E-state index in [1.165, 1.54) is 28.2 Å². The smallest absolute Gasteiger partial charge is 0.353 e. The summed E-state index contributed by atoms with van der Waals surface area (Å²) in [5.74, 6) is -4.46. The van der Waals surface area contributed by atoms with E-state index in [9.17, 15) is 35.5 Å². The first-order valence-electron chi connectivity index (χ1n) is 15.1. The molecule has 3 fully saturated rings. The number of piperidine rings is 1. The quantitative estimate of drug-likeness (QED) is 0.182. The monoisotopic (exact) mass is 703 g/mol. The van der Waals surface area contributed by atoms with E-state index in [2.05, 4.69) is 45.9 Å². The Morgan fingerprint density at radius 1 is 1.19 bits per heavy atom. The molecule has 48 heavy (non-hydrogen) atoms. The minimum Gasteiger partial charge on any atom is -0.353 e. The molecule has 4 aromatic rings. The van der Waals surface area contributed by atoms with Gasteiger partial charge in [-0.25, -0.2) is 31.7 Å². The number of rotatable bonds is 9. The molecule has 7 rings (SSSR count). The van der Waals surface area contributed by atoms with Crippen molar-refractivity contribution in [1.29, 1.82) is 0 Å². The third-order valence-corrected chi connectivity index (χ3v) is 10.1. The number of fused-ring (bicyclic) bond motifs is 2. The second kappa shape index (κ2) is 12.0. The number of carbonyl (C=O) groups is 1. The van der Waals surface area contributed by atoms with Gasteiger partial charge >= 0.3 is 6.18 Å². The molecule has 12 nitrogen and oxygen atoms in total. The van der Waals surface area contributed by atoms with Crippen LogP contribution >= 0.6 is 11.3 Å². The highest BCUT2D eigenvalue weighted by molar-refractivity contribution is 7.11. The summed E-state index contributed by atoms with van der Waals surface area (Å²) in [7, 11) is 0. The first kappa shape index (κ1) is 32.8. The van der Waals surface area contributed by atoms with Crippen molar-refractivity contribution in [2.45, 2.75) is 94.8 Å². The highest BCUT2D eigenvalue weighted by atomic mass is 32.1. The second-order valence-corrected chi connectivity index (χ2v) is 13.9. The van der Waals surface area contributed by atoms with Gasteiger partial charge in [0.05, 0.1) is 24.1 Å². The third-order valence-electron chi connectivity index (χ3n) is 9.26. The number of aryl methyl sites for hydroxylation is 1. The molecule has 0 spiro atoms. The molecule has 1 aliphatic carbocycles. The zero-order chi connectivity index (χ0) is 34.0. The fourth-order valence-electron chi connectivity index (χ4n) is 6.94. The van der Waals surface area contributed by atoms with Gasteiger partial charge in [0.2, 0.25) is 11.6 Å². The van der Waals surface area contributed by atoms with Crippen LogP contribution in [0.15, 0.2) is 23.1 Å². The van der Waals surface area contributed by atoms with Crippen molar-refractivity contribution in [3.63, 3.8) is 0 Å². The van der Waals surface area contributed by atoms with E-state index in [0.29, 0.717) is 15.6 Å². The van der Waals surface area contributed by atoms with Crippen molar-refractivity contribution in [3.8, 4) is 0 Å². The van der Waals surface area contributed by atoms with E-state index < -0.39 is 84.4 Å². The fraction of sp³-hybridized carbons (Fsp3) is 0.607. The van der Waals surface area contributed by atoms with Gasteiger partial charge in [-0.15, -0.1) is 21.5 Å². The largest absolute Gasteiger partial charge is 0.403 e. The molecule has 2 saturated heterocycles. The molecular weight excluding hydrogens is 675 g/mol. The molecule has 2 unspecified atom stereocenters. The Morgan fingerprint density at radius 2 is 1.96 bits per heavy atom. The third kappa shape index (κ3) is 6.48. The number of hydrogen-bond acceptors (Lipinski definition) is 11. The van der Waals surface area contributed by atoms with Crippen LogP contribution in [0, 0.1) is 18.3 Å². The van der Waals surface area contributed by atoms with Crippen molar-refractivity contribution < 1.29 is 44.9 Å². The Labute approximate surface area is 270 Å². The van der Waals surface area contributed by atoms with Gasteiger partial charge in [-0.1, -0.05) is 0 Å². The molecule has 258 valence electrons. The summed E-state index contributed by atoms with van der Waals surface area (Å²) in [6, 6.07) is -1.15. The Balaban J connectivity index is 1.20. The van der Waals surface area contributed by atoms with Gasteiger partial charge in [-0.3, -0.25) is 10.1 Å². The number of epoxide rings is 1. The lowest BCUT2D eigenvalue weighted by atomic mass is 9.69. The van der Waals surface area contributed by atoms with Crippen LogP contribution in [0.2, 0.25) is 0 Å². The number of ether oxygens (including phenoxy) is 1. The van der Waals surface area contributed by atoms with Crippen LogP contribution < -0.4 is 10.6 Å². The summed E-state index contributed by atoms with van der Waals surface area (Å²) in [6.07, 6.45) is -6.79. The highest BCUT2D eigenvalue weighted by Crippen LogP contribution is 2.52. The normalized spacial score (nSPS) is 26.5. The number of aromatic nitrogens is 7. The van der Waals surface area contributed by atoms with Crippen molar-refractivity contribution in [2.75, 3.05) is 0 Å². The molecule has 2 N–H and O–H groups in total. The molecule has 0 radical (unpaired) electrons. The molecule has 6 heterocycles. The first-order valence-corrected chi connectivity index (χ1v) is 15.9. The molecule has 0 aromatic carbocycles. The van der Waals surface area contributed by atoms with Gasteiger partial charge in [0.15, 0.2) is 11.3 Å². The van der Waals surface area contributed by atoms with Gasteiger partial charge < -0.3 is 10.1 Å². The molecule has 1 amide bonds. The number of amides is 1. The maximum atomic E-state index is 14.1. The zero-order valence-corrected chi connectivity index (χ0v) is 25.9. The van der Waals surface area contributed by atoms with E-state index in [-0.39, 0.29) is 43.4 Å². The summed E-state index contributed by atoms with van der Waals surface area (Å²) in [6.45, 7) is 1.76. The molecule has 20 heteroatoms. The average Bonchev–Trinajstić information content (AvgIpc) is 3.30. The number of hydrogen-bond donors (Lipinski definition) is 2. The number of nitrogens with one attached hydrogen (secondary N) is 2. The van der Waals surface area contributed by atoms with Crippen LogP contribution in [0.1, 0.15) is 82.0 Å². The lowest BCUT2D eigenvalue weighted by molar-refractivity contribution is -0.168. The predicted octanol–water partition coefficient (Wildman–Crippen LogP) is 4.93. The van der Waals surface area contributed by atoms with E-state index in [4.69, 9.17) is 4.74 Å². The Bertz CT molecular complexity index is 1800. The lowest BCUT2D eigenvalue weighted by Gasteiger charge is -2.39. The van der Waals surface area contributed by atoms with E-state index >= 15 is 0 Å². The molecular formula is C28H28F7N9O3S. The number of imidazole rings is 1. The Kier molecular flexibility index (Phi) is 8.17. The first-order chi connectivity index (χ1) is 22.7. The van der Waals surface area contributed by atoms with Gasteiger partial charge in [0.1, 0.15) is 28.4 Å². The summed E-state index contributed by atoms with van der Waals surface area (Å²) < 4.78 is 108. The fourth-order valence-corrected chi connectivity index (χ4v) is 7.80. The minimum absolute atomic E-state index is 0.00777. The lowest BCUT2D eigenvalue weighted by Crippen LogP contribution is -2.55. The van der Waals surface area contributed by atoms with E-state index in [1.807, 2.05) is 0 Å². The highest BCUT2D eigenvalue weighted by Gasteiger charge is 2.63. The number of carbonyl (C=O) groups excluding carboxylic acids is 1. The summed E-state index contributed by atoms with van der Waals surface area (Å²) >= 11 is 1.30. The van der Waals surface area contributed by atoms with Crippen LogP contribution in [-0.4, -0.2) is 71.5 Å².